The number of hydrazone groups is 1. The summed E-state index contributed by atoms with van der Waals surface area (Å²) in [6.07, 6.45) is 1.77. The molecule has 0 saturated carbocycles. The first-order valence-corrected chi connectivity index (χ1v) is 9.95. The number of methoxy groups -OCH3 is 1. The summed E-state index contributed by atoms with van der Waals surface area (Å²) in [7, 11) is 1.65. The summed E-state index contributed by atoms with van der Waals surface area (Å²) < 4.78 is 10.4. The highest BCUT2D eigenvalue weighted by atomic mass is 32.1. The minimum absolute atomic E-state index is 0.461. The second kappa shape index (κ2) is 10.3. The molecule has 1 fully saturated rings. The monoisotopic (exact) mass is 405 g/mol. The molecule has 2 heterocycles. The Balaban J connectivity index is 1.74. The molecule has 0 radical (unpaired) electrons. The molecule has 1 aromatic carbocycles. The van der Waals surface area contributed by atoms with Gasteiger partial charge in [0, 0.05) is 32.3 Å². The fraction of sp³-hybridized carbons (Fsp3) is 0.389. The van der Waals surface area contributed by atoms with E-state index in [1.165, 1.54) is 0 Å². The second-order valence-electron chi connectivity index (χ2n) is 5.79. The fourth-order valence-corrected chi connectivity index (χ4v) is 3.72. The minimum atomic E-state index is 0.461. The Labute approximate surface area is 168 Å². The van der Waals surface area contributed by atoms with Gasteiger partial charge in [0.2, 0.25) is 0 Å². The summed E-state index contributed by atoms with van der Waals surface area (Å²) in [5.41, 5.74) is 4.82. The number of hydrogen-bond acceptors (Lipinski definition) is 7. The largest absolute Gasteiger partial charge is 0.383 e. The summed E-state index contributed by atoms with van der Waals surface area (Å²) >= 11 is 6.81. The summed E-state index contributed by atoms with van der Waals surface area (Å²) in [5, 5.41) is 8.74. The van der Waals surface area contributed by atoms with Gasteiger partial charge >= 0.3 is 0 Å². The first kappa shape index (κ1) is 19.7. The van der Waals surface area contributed by atoms with E-state index in [0.717, 1.165) is 47.6 Å². The Hall–Kier alpha value is -2.07. The first-order chi connectivity index (χ1) is 13.3. The van der Waals surface area contributed by atoms with Gasteiger partial charge in [0.05, 0.1) is 36.6 Å². The fourth-order valence-electron chi connectivity index (χ4n) is 2.56. The van der Waals surface area contributed by atoms with Gasteiger partial charge in [0.25, 0.3) is 0 Å². The zero-order chi connectivity index (χ0) is 18.9. The van der Waals surface area contributed by atoms with Gasteiger partial charge in [-0.3, -0.25) is 5.43 Å². The molecule has 1 saturated heterocycles. The lowest BCUT2D eigenvalue weighted by Crippen LogP contribution is -2.36. The molecule has 0 aliphatic carbocycles. The van der Waals surface area contributed by atoms with Gasteiger partial charge in [0.1, 0.15) is 0 Å². The molecule has 0 unspecified atom stereocenters. The standard InChI is InChI=1S/C18H23N5O2S2/c1-24-10-7-19-17(26)22-20-13-15-16(14-5-3-2-4-6-14)21-18(27-15)23-8-11-25-12-9-23/h2-6,13H,7-12H2,1H3,(H2,19,22,26)/b20-13+. The first-order valence-electron chi connectivity index (χ1n) is 8.72. The smallest absolute Gasteiger partial charge is 0.187 e. The van der Waals surface area contributed by atoms with Crippen LogP contribution in [0.1, 0.15) is 4.88 Å². The van der Waals surface area contributed by atoms with Crippen LogP contribution in [0.15, 0.2) is 35.4 Å². The van der Waals surface area contributed by atoms with Crippen LogP contribution in [0.2, 0.25) is 0 Å². The number of anilines is 1. The van der Waals surface area contributed by atoms with E-state index in [0.29, 0.717) is 18.3 Å². The van der Waals surface area contributed by atoms with Gasteiger partial charge in [-0.2, -0.15) is 5.10 Å². The number of nitrogens with zero attached hydrogens (tertiary/aromatic N) is 3. The molecule has 9 heteroatoms. The number of rotatable bonds is 7. The van der Waals surface area contributed by atoms with Crippen molar-refractivity contribution in [1.82, 2.24) is 15.7 Å². The van der Waals surface area contributed by atoms with Gasteiger partial charge in [-0.15, -0.1) is 0 Å². The van der Waals surface area contributed by atoms with E-state index in [1.54, 1.807) is 24.7 Å². The second-order valence-corrected chi connectivity index (χ2v) is 7.21. The number of thiocarbonyl (C=S) groups is 1. The molecular weight excluding hydrogens is 382 g/mol. The Bertz CT molecular complexity index is 760. The van der Waals surface area contributed by atoms with Crippen LogP contribution < -0.4 is 15.6 Å². The third-order valence-corrected chi connectivity index (χ3v) is 5.20. The molecule has 0 amide bonds. The van der Waals surface area contributed by atoms with Crippen LogP contribution in [-0.2, 0) is 9.47 Å². The summed E-state index contributed by atoms with van der Waals surface area (Å²) in [5.74, 6) is 0. The number of nitrogens with one attached hydrogen (secondary N) is 2. The maximum atomic E-state index is 5.44. The molecule has 2 N–H and O–H groups in total. The number of morpholine rings is 1. The molecule has 7 nitrogen and oxygen atoms in total. The molecule has 1 aliphatic rings. The van der Waals surface area contributed by atoms with Crippen molar-refractivity contribution < 1.29 is 9.47 Å². The van der Waals surface area contributed by atoms with Crippen LogP contribution in [-0.4, -0.2) is 62.9 Å². The lowest BCUT2D eigenvalue weighted by atomic mass is 10.1. The van der Waals surface area contributed by atoms with Gasteiger partial charge in [-0.1, -0.05) is 41.7 Å². The minimum Gasteiger partial charge on any atom is -0.383 e. The predicted octanol–water partition coefficient (Wildman–Crippen LogP) is 2.09. The lowest BCUT2D eigenvalue weighted by Gasteiger charge is -2.26. The quantitative estimate of drug-likeness (QED) is 0.316. The highest BCUT2D eigenvalue weighted by molar-refractivity contribution is 7.80. The van der Waals surface area contributed by atoms with Crippen molar-refractivity contribution in [3.05, 3.63) is 35.2 Å². The van der Waals surface area contributed by atoms with E-state index in [9.17, 15) is 0 Å². The van der Waals surface area contributed by atoms with Gasteiger partial charge in [-0.25, -0.2) is 4.98 Å². The van der Waals surface area contributed by atoms with Crippen molar-refractivity contribution in [1.29, 1.82) is 0 Å². The highest BCUT2D eigenvalue weighted by Crippen LogP contribution is 2.32. The predicted molar refractivity (Wildman–Crippen MR) is 114 cm³/mol. The zero-order valence-electron chi connectivity index (χ0n) is 15.2. The number of ether oxygens (including phenoxy) is 2. The average Bonchev–Trinajstić information content (AvgIpc) is 3.14. The maximum Gasteiger partial charge on any atom is 0.187 e. The number of hydrogen-bond donors (Lipinski definition) is 2. The molecule has 1 aliphatic heterocycles. The number of benzene rings is 1. The van der Waals surface area contributed by atoms with Crippen molar-refractivity contribution in [3.63, 3.8) is 0 Å². The lowest BCUT2D eigenvalue weighted by molar-refractivity contribution is 0.122. The molecule has 0 spiro atoms. The number of aromatic nitrogens is 1. The van der Waals surface area contributed by atoms with Gasteiger partial charge < -0.3 is 19.7 Å². The van der Waals surface area contributed by atoms with Crippen LogP contribution in [0.25, 0.3) is 11.3 Å². The Kier molecular flexibility index (Phi) is 7.52. The van der Waals surface area contributed by atoms with Crippen LogP contribution in [0.4, 0.5) is 5.13 Å². The molecule has 3 rings (SSSR count). The van der Waals surface area contributed by atoms with E-state index >= 15 is 0 Å². The molecule has 1 aromatic heterocycles. The van der Waals surface area contributed by atoms with Crippen molar-refractivity contribution in [3.8, 4) is 11.3 Å². The Morgan fingerprint density at radius 1 is 1.37 bits per heavy atom. The van der Waals surface area contributed by atoms with Gasteiger partial charge in [-0.05, 0) is 12.2 Å². The number of thiazole rings is 1. The zero-order valence-corrected chi connectivity index (χ0v) is 16.8. The molecule has 2 aromatic rings. The third-order valence-electron chi connectivity index (χ3n) is 3.91. The molecule has 27 heavy (non-hydrogen) atoms. The molecule has 144 valence electrons. The van der Waals surface area contributed by atoms with E-state index in [2.05, 4.69) is 32.9 Å². The SMILES string of the molecule is COCCNC(=S)N/N=C/c1sc(N2CCOCC2)nc1-c1ccccc1. The molecule has 0 bridgehead atoms. The third kappa shape index (κ3) is 5.70. The molecule has 0 atom stereocenters. The van der Waals surface area contributed by atoms with Crippen LogP contribution >= 0.6 is 23.6 Å². The van der Waals surface area contributed by atoms with Crippen molar-refractivity contribution in [2.24, 2.45) is 5.10 Å². The van der Waals surface area contributed by atoms with E-state index < -0.39 is 0 Å². The van der Waals surface area contributed by atoms with E-state index in [-0.39, 0.29) is 0 Å². The molecular formula is C18H23N5O2S2. The average molecular weight is 406 g/mol. The van der Waals surface area contributed by atoms with Gasteiger partial charge in [0.15, 0.2) is 10.2 Å². The van der Waals surface area contributed by atoms with Crippen molar-refractivity contribution in [2.75, 3.05) is 51.5 Å². The highest BCUT2D eigenvalue weighted by Gasteiger charge is 2.18. The van der Waals surface area contributed by atoms with Crippen molar-refractivity contribution in [2.45, 2.75) is 0 Å². The maximum absolute atomic E-state index is 5.44. The summed E-state index contributed by atoms with van der Waals surface area (Å²) in [6, 6.07) is 10.1. The van der Waals surface area contributed by atoms with E-state index in [4.69, 9.17) is 26.7 Å². The normalized spacial score (nSPS) is 14.5. The summed E-state index contributed by atoms with van der Waals surface area (Å²) in [6.45, 7) is 4.38. The topological polar surface area (TPSA) is 71.0 Å². The van der Waals surface area contributed by atoms with E-state index in [1.807, 2.05) is 18.2 Å². The van der Waals surface area contributed by atoms with Crippen LogP contribution in [0.5, 0.6) is 0 Å². The van der Waals surface area contributed by atoms with Crippen LogP contribution in [0, 0.1) is 0 Å². The summed E-state index contributed by atoms with van der Waals surface area (Å²) in [4.78, 5) is 8.10. The Morgan fingerprint density at radius 3 is 2.89 bits per heavy atom. The Morgan fingerprint density at radius 2 is 2.15 bits per heavy atom. The van der Waals surface area contributed by atoms with Crippen LogP contribution in [0.3, 0.4) is 0 Å². The van der Waals surface area contributed by atoms with Crippen molar-refractivity contribution >= 4 is 40.0 Å².